The first-order valence-electron chi connectivity index (χ1n) is 7.43. The highest BCUT2D eigenvalue weighted by molar-refractivity contribution is 5.98. The number of carboxylic acid groups (broad SMARTS) is 1. The van der Waals surface area contributed by atoms with Crippen molar-refractivity contribution in [2.24, 2.45) is 5.92 Å². The number of Topliss-reactive ketones (excluding diaryl/α,β-unsaturated/α-hetero) is 1. The van der Waals surface area contributed by atoms with Crippen LogP contribution < -0.4 is 0 Å². The summed E-state index contributed by atoms with van der Waals surface area (Å²) in [6.07, 6.45) is -3.14. The van der Waals surface area contributed by atoms with E-state index in [1.807, 2.05) is 4.90 Å². The quantitative estimate of drug-likeness (QED) is 0.844. The molecule has 1 heterocycles. The summed E-state index contributed by atoms with van der Waals surface area (Å²) < 4.78 is 38.2. The Morgan fingerprint density at radius 3 is 2.70 bits per heavy atom. The summed E-state index contributed by atoms with van der Waals surface area (Å²) in [5, 5.41) is 8.70. The minimum atomic E-state index is -4.48. The molecule has 0 aromatic heterocycles. The zero-order chi connectivity index (χ0) is 17.0. The third-order valence-electron chi connectivity index (χ3n) is 3.99. The number of rotatable bonds is 5. The Balaban J connectivity index is 2.06. The van der Waals surface area contributed by atoms with Gasteiger partial charge in [-0.05, 0) is 31.5 Å². The molecule has 1 atom stereocenters. The fraction of sp³-hybridized carbons (Fsp3) is 0.500. The molecule has 1 aromatic rings. The Hall–Kier alpha value is -1.89. The number of piperidine rings is 1. The largest absolute Gasteiger partial charge is 0.481 e. The number of halogens is 3. The van der Waals surface area contributed by atoms with Gasteiger partial charge in [0, 0.05) is 24.6 Å². The number of nitrogens with zero attached hydrogens (tertiary/aromatic N) is 1. The molecule has 126 valence electrons. The van der Waals surface area contributed by atoms with Crippen LogP contribution in [0.25, 0.3) is 0 Å². The molecule has 0 bridgehead atoms. The molecule has 1 aromatic carbocycles. The minimum absolute atomic E-state index is 0.00946. The lowest BCUT2D eigenvalue weighted by atomic mass is 9.89. The summed E-state index contributed by atoms with van der Waals surface area (Å²) in [5.74, 6) is -1.60. The van der Waals surface area contributed by atoms with Gasteiger partial charge < -0.3 is 10.0 Å². The van der Waals surface area contributed by atoms with Gasteiger partial charge in [0.1, 0.15) is 0 Å². The average molecular weight is 329 g/mol. The molecule has 1 fully saturated rings. The molecule has 1 N–H and O–H groups in total. The number of likely N-dealkylation sites (tertiary alicyclic amines) is 1. The van der Waals surface area contributed by atoms with Crippen molar-refractivity contribution in [3.05, 3.63) is 35.4 Å². The first kappa shape index (κ1) is 17.5. The van der Waals surface area contributed by atoms with Gasteiger partial charge in [0.15, 0.2) is 5.78 Å². The minimum Gasteiger partial charge on any atom is -0.481 e. The number of carbonyl (C=O) groups excluding carboxylic acids is 1. The number of alkyl halides is 3. The van der Waals surface area contributed by atoms with Crippen LogP contribution in [0.5, 0.6) is 0 Å². The van der Waals surface area contributed by atoms with Gasteiger partial charge in [0.25, 0.3) is 0 Å². The molecule has 0 amide bonds. The number of ketones is 1. The molecule has 1 aliphatic heterocycles. The molecule has 1 saturated heterocycles. The Morgan fingerprint density at radius 1 is 1.30 bits per heavy atom. The van der Waals surface area contributed by atoms with Crippen LogP contribution in [0.2, 0.25) is 0 Å². The predicted molar refractivity (Wildman–Crippen MR) is 77.2 cm³/mol. The van der Waals surface area contributed by atoms with Crippen LogP contribution in [-0.2, 0) is 11.0 Å². The van der Waals surface area contributed by atoms with E-state index in [9.17, 15) is 22.8 Å². The van der Waals surface area contributed by atoms with Crippen LogP contribution in [0.3, 0.4) is 0 Å². The summed E-state index contributed by atoms with van der Waals surface area (Å²) in [5.41, 5.74) is -0.771. The van der Waals surface area contributed by atoms with Gasteiger partial charge in [-0.15, -0.1) is 0 Å². The molecule has 0 spiro atoms. The van der Waals surface area contributed by atoms with Crippen molar-refractivity contribution in [2.75, 3.05) is 19.6 Å². The molecule has 0 aliphatic carbocycles. The fourth-order valence-electron chi connectivity index (χ4n) is 2.81. The average Bonchev–Trinajstić information content (AvgIpc) is 2.52. The van der Waals surface area contributed by atoms with E-state index in [1.54, 1.807) is 0 Å². The molecule has 23 heavy (non-hydrogen) atoms. The number of carbonyl (C=O) groups is 2. The van der Waals surface area contributed by atoms with E-state index in [0.29, 0.717) is 26.1 Å². The zero-order valence-electron chi connectivity index (χ0n) is 12.5. The van der Waals surface area contributed by atoms with Crippen LogP contribution in [0.4, 0.5) is 13.2 Å². The van der Waals surface area contributed by atoms with Gasteiger partial charge in [-0.1, -0.05) is 12.1 Å². The zero-order valence-corrected chi connectivity index (χ0v) is 12.5. The smallest absolute Gasteiger partial charge is 0.416 e. The second kappa shape index (κ2) is 7.12. The van der Waals surface area contributed by atoms with Crippen molar-refractivity contribution >= 4 is 11.8 Å². The van der Waals surface area contributed by atoms with Crippen molar-refractivity contribution in [2.45, 2.75) is 25.4 Å². The Morgan fingerprint density at radius 2 is 2.04 bits per heavy atom. The maximum Gasteiger partial charge on any atom is 0.416 e. The van der Waals surface area contributed by atoms with E-state index in [-0.39, 0.29) is 23.7 Å². The number of aliphatic carboxylic acids is 1. The summed E-state index contributed by atoms with van der Waals surface area (Å²) >= 11 is 0. The SMILES string of the molecule is O=C(O)CCN1CCCC(C(=O)c2cccc(C(F)(F)F)c2)C1. The monoisotopic (exact) mass is 329 g/mol. The van der Waals surface area contributed by atoms with Crippen LogP contribution in [0.1, 0.15) is 35.2 Å². The van der Waals surface area contributed by atoms with Crippen molar-refractivity contribution < 1.29 is 27.9 Å². The number of hydrogen-bond acceptors (Lipinski definition) is 3. The van der Waals surface area contributed by atoms with Gasteiger partial charge in [-0.3, -0.25) is 9.59 Å². The van der Waals surface area contributed by atoms with Crippen molar-refractivity contribution in [3.63, 3.8) is 0 Å². The summed E-state index contributed by atoms with van der Waals surface area (Å²) in [6, 6.07) is 4.46. The summed E-state index contributed by atoms with van der Waals surface area (Å²) in [7, 11) is 0. The van der Waals surface area contributed by atoms with Crippen LogP contribution in [0, 0.1) is 5.92 Å². The first-order valence-corrected chi connectivity index (χ1v) is 7.43. The Labute approximate surface area is 131 Å². The molecule has 0 saturated carbocycles. The van der Waals surface area contributed by atoms with E-state index in [2.05, 4.69) is 0 Å². The predicted octanol–water partition coefficient (Wildman–Crippen LogP) is 3.07. The van der Waals surface area contributed by atoms with Crippen molar-refractivity contribution in [1.82, 2.24) is 4.90 Å². The van der Waals surface area contributed by atoms with Crippen LogP contribution in [-0.4, -0.2) is 41.4 Å². The highest BCUT2D eigenvalue weighted by atomic mass is 19.4. The van der Waals surface area contributed by atoms with E-state index < -0.39 is 17.7 Å². The second-order valence-corrected chi connectivity index (χ2v) is 5.73. The van der Waals surface area contributed by atoms with Gasteiger partial charge >= 0.3 is 12.1 Å². The van der Waals surface area contributed by atoms with Gasteiger partial charge in [0.2, 0.25) is 0 Å². The highest BCUT2D eigenvalue weighted by Gasteiger charge is 2.32. The first-order chi connectivity index (χ1) is 10.8. The summed E-state index contributed by atoms with van der Waals surface area (Å²) in [4.78, 5) is 24.9. The van der Waals surface area contributed by atoms with Gasteiger partial charge in [-0.2, -0.15) is 13.2 Å². The fourth-order valence-corrected chi connectivity index (χ4v) is 2.81. The van der Waals surface area contributed by atoms with E-state index in [1.165, 1.54) is 12.1 Å². The lowest BCUT2D eigenvalue weighted by Crippen LogP contribution is -2.39. The molecule has 1 aliphatic rings. The Bertz CT molecular complexity index is 586. The van der Waals surface area contributed by atoms with E-state index >= 15 is 0 Å². The third kappa shape index (κ3) is 4.79. The van der Waals surface area contributed by atoms with E-state index in [0.717, 1.165) is 18.6 Å². The maximum atomic E-state index is 12.7. The second-order valence-electron chi connectivity index (χ2n) is 5.73. The normalized spacial score (nSPS) is 19.5. The van der Waals surface area contributed by atoms with Crippen LogP contribution in [0.15, 0.2) is 24.3 Å². The highest BCUT2D eigenvalue weighted by Crippen LogP contribution is 2.30. The standard InChI is InChI=1S/C16H18F3NO3/c17-16(18,19)13-5-1-3-11(9-13)15(23)12-4-2-7-20(10-12)8-6-14(21)22/h1,3,5,9,12H,2,4,6-8,10H2,(H,21,22). The van der Waals surface area contributed by atoms with E-state index in [4.69, 9.17) is 5.11 Å². The van der Waals surface area contributed by atoms with Crippen LogP contribution >= 0.6 is 0 Å². The maximum absolute atomic E-state index is 12.7. The molecule has 2 rings (SSSR count). The molecule has 7 heteroatoms. The molecular weight excluding hydrogens is 311 g/mol. The van der Waals surface area contributed by atoms with Gasteiger partial charge in [0.05, 0.1) is 12.0 Å². The third-order valence-corrected chi connectivity index (χ3v) is 3.99. The number of carboxylic acids is 1. The molecular formula is C16H18F3NO3. The molecule has 4 nitrogen and oxygen atoms in total. The van der Waals surface area contributed by atoms with Gasteiger partial charge in [-0.25, -0.2) is 0 Å². The number of benzene rings is 1. The van der Waals surface area contributed by atoms with Crippen molar-refractivity contribution in [3.8, 4) is 0 Å². The molecule has 0 radical (unpaired) electrons. The number of hydrogen-bond donors (Lipinski definition) is 1. The molecule has 1 unspecified atom stereocenters. The Kier molecular flexibility index (Phi) is 5.41. The van der Waals surface area contributed by atoms with Crippen molar-refractivity contribution in [1.29, 1.82) is 0 Å². The lowest BCUT2D eigenvalue weighted by Gasteiger charge is -2.31. The topological polar surface area (TPSA) is 57.6 Å². The lowest BCUT2D eigenvalue weighted by molar-refractivity contribution is -0.138. The summed E-state index contributed by atoms with van der Waals surface area (Å²) in [6.45, 7) is 1.45.